The second-order valence-corrected chi connectivity index (χ2v) is 7.19. The van der Waals surface area contributed by atoms with Crippen LogP contribution in [0, 0.1) is 0 Å². The molecule has 0 amide bonds. The first kappa shape index (κ1) is 14.6. The highest BCUT2D eigenvalue weighted by Crippen LogP contribution is 2.30. The van der Waals surface area contributed by atoms with Crippen molar-refractivity contribution in [1.29, 1.82) is 0 Å². The van der Waals surface area contributed by atoms with Crippen LogP contribution in [0.4, 0.5) is 0 Å². The van der Waals surface area contributed by atoms with Crippen molar-refractivity contribution in [2.24, 2.45) is 0 Å². The first-order valence-electron chi connectivity index (χ1n) is 8.00. The molecule has 3 heterocycles. The number of aromatic nitrogens is 2. The van der Waals surface area contributed by atoms with Crippen molar-refractivity contribution in [2.75, 3.05) is 6.54 Å². The Bertz CT molecular complexity index is 898. The Balaban J connectivity index is 1.76. The first-order valence-corrected chi connectivity index (χ1v) is 8.81. The van der Waals surface area contributed by atoms with Gasteiger partial charge in [-0.15, -0.1) is 11.3 Å². The highest BCUT2D eigenvalue weighted by molar-refractivity contribution is 7.18. The van der Waals surface area contributed by atoms with E-state index in [2.05, 4.69) is 29.4 Å². The van der Waals surface area contributed by atoms with Gasteiger partial charge in [-0.05, 0) is 37.4 Å². The first-order chi connectivity index (χ1) is 11.2. The zero-order valence-electron chi connectivity index (χ0n) is 13.1. The molecule has 4 nitrogen and oxygen atoms in total. The van der Waals surface area contributed by atoms with Crippen LogP contribution >= 0.6 is 11.3 Å². The van der Waals surface area contributed by atoms with Crippen molar-refractivity contribution in [3.8, 4) is 0 Å². The van der Waals surface area contributed by atoms with E-state index in [1.54, 1.807) is 22.2 Å². The summed E-state index contributed by atoms with van der Waals surface area (Å²) in [5.74, 6) is 0. The quantitative estimate of drug-likeness (QED) is 0.805. The third-order valence-electron chi connectivity index (χ3n) is 4.51. The molecule has 0 unspecified atom stereocenters. The van der Waals surface area contributed by atoms with E-state index in [0.29, 0.717) is 0 Å². The summed E-state index contributed by atoms with van der Waals surface area (Å²) >= 11 is 1.65. The lowest BCUT2D eigenvalue weighted by molar-refractivity contribution is 0.523. The summed E-state index contributed by atoms with van der Waals surface area (Å²) in [5, 5.41) is 4.21. The Hall–Kier alpha value is -1.98. The molecule has 1 aromatic carbocycles. The Morgan fingerprint density at radius 1 is 1.35 bits per heavy atom. The lowest BCUT2D eigenvalue weighted by Crippen LogP contribution is -2.27. The van der Waals surface area contributed by atoms with Crippen LogP contribution in [0.25, 0.3) is 10.2 Å². The minimum Gasteiger partial charge on any atom is -0.312 e. The molecule has 23 heavy (non-hydrogen) atoms. The Morgan fingerprint density at radius 2 is 2.17 bits per heavy atom. The molecule has 0 radical (unpaired) electrons. The third kappa shape index (κ3) is 2.60. The topological polar surface area (TPSA) is 46.9 Å². The second-order valence-electron chi connectivity index (χ2n) is 6.11. The number of nitrogens with zero attached hydrogens (tertiary/aromatic N) is 2. The van der Waals surface area contributed by atoms with E-state index in [1.807, 2.05) is 18.2 Å². The molecule has 0 saturated carbocycles. The molecule has 118 valence electrons. The van der Waals surface area contributed by atoms with Crippen molar-refractivity contribution in [3.63, 3.8) is 0 Å². The molecule has 1 aliphatic heterocycles. The van der Waals surface area contributed by atoms with Gasteiger partial charge in [0.25, 0.3) is 5.56 Å². The molecule has 4 rings (SSSR count). The van der Waals surface area contributed by atoms with Gasteiger partial charge < -0.3 is 5.32 Å². The minimum atomic E-state index is 0.0964. The predicted molar refractivity (Wildman–Crippen MR) is 94.1 cm³/mol. The summed E-state index contributed by atoms with van der Waals surface area (Å²) in [6, 6.07) is 10.4. The van der Waals surface area contributed by atoms with Crippen molar-refractivity contribution in [1.82, 2.24) is 14.9 Å². The number of nitrogens with one attached hydrogen (secondary N) is 1. The van der Waals surface area contributed by atoms with Gasteiger partial charge in [0, 0.05) is 17.5 Å². The molecule has 1 atom stereocenters. The zero-order chi connectivity index (χ0) is 15.8. The molecule has 0 saturated heterocycles. The maximum absolute atomic E-state index is 13.0. The maximum atomic E-state index is 13.0. The molecule has 0 spiro atoms. The van der Waals surface area contributed by atoms with Crippen LogP contribution in [0.15, 0.2) is 41.5 Å². The standard InChI is InChI=1S/C18H19N3OS/c1-12(9-13-5-3-2-4-6-13)21-11-20-17-16(18(21)22)14-7-8-19-10-15(14)23-17/h2-6,11-12,19H,7-10H2,1H3/t12-/m1/s1. The largest absolute Gasteiger partial charge is 0.312 e. The van der Waals surface area contributed by atoms with Crippen molar-refractivity contribution in [3.05, 3.63) is 63.0 Å². The highest BCUT2D eigenvalue weighted by atomic mass is 32.1. The van der Waals surface area contributed by atoms with Crippen molar-refractivity contribution >= 4 is 21.6 Å². The molecular weight excluding hydrogens is 306 g/mol. The van der Waals surface area contributed by atoms with E-state index in [-0.39, 0.29) is 11.6 Å². The summed E-state index contributed by atoms with van der Waals surface area (Å²) in [6.45, 7) is 3.88. The summed E-state index contributed by atoms with van der Waals surface area (Å²) in [4.78, 5) is 19.7. The normalized spacial score (nSPS) is 15.5. The Kier molecular flexibility index (Phi) is 3.75. The fourth-order valence-electron chi connectivity index (χ4n) is 3.30. The van der Waals surface area contributed by atoms with E-state index in [0.717, 1.165) is 36.1 Å². The Morgan fingerprint density at radius 3 is 3.00 bits per heavy atom. The maximum Gasteiger partial charge on any atom is 0.262 e. The predicted octanol–water partition coefficient (Wildman–Crippen LogP) is 2.91. The highest BCUT2D eigenvalue weighted by Gasteiger charge is 2.20. The Labute approximate surface area is 138 Å². The van der Waals surface area contributed by atoms with Crippen LogP contribution < -0.4 is 10.9 Å². The van der Waals surface area contributed by atoms with Gasteiger partial charge in [-0.3, -0.25) is 9.36 Å². The van der Waals surface area contributed by atoms with E-state index < -0.39 is 0 Å². The van der Waals surface area contributed by atoms with Crippen LogP contribution in [0.1, 0.15) is 29.0 Å². The van der Waals surface area contributed by atoms with E-state index in [4.69, 9.17) is 0 Å². The monoisotopic (exact) mass is 325 g/mol. The average molecular weight is 325 g/mol. The molecule has 1 N–H and O–H groups in total. The number of hydrogen-bond donors (Lipinski definition) is 1. The van der Waals surface area contributed by atoms with Gasteiger partial charge >= 0.3 is 0 Å². The fourth-order valence-corrected chi connectivity index (χ4v) is 4.44. The second kappa shape index (κ2) is 5.91. The number of benzene rings is 1. The van der Waals surface area contributed by atoms with Crippen LogP contribution in [0.2, 0.25) is 0 Å². The molecule has 1 aliphatic rings. The number of hydrogen-bond acceptors (Lipinski definition) is 4. The smallest absolute Gasteiger partial charge is 0.262 e. The van der Waals surface area contributed by atoms with Gasteiger partial charge in [-0.25, -0.2) is 4.98 Å². The molecule has 3 aromatic rings. The number of fused-ring (bicyclic) bond motifs is 3. The average Bonchev–Trinajstić information content (AvgIpc) is 2.95. The summed E-state index contributed by atoms with van der Waals surface area (Å²) < 4.78 is 1.80. The zero-order valence-corrected chi connectivity index (χ0v) is 13.9. The van der Waals surface area contributed by atoms with E-state index in [1.165, 1.54) is 16.0 Å². The molecular formula is C18H19N3OS. The van der Waals surface area contributed by atoms with Crippen molar-refractivity contribution < 1.29 is 0 Å². The number of rotatable bonds is 3. The summed E-state index contributed by atoms with van der Waals surface area (Å²) in [7, 11) is 0. The van der Waals surface area contributed by atoms with Crippen LogP contribution in [-0.4, -0.2) is 16.1 Å². The van der Waals surface area contributed by atoms with Crippen molar-refractivity contribution in [2.45, 2.75) is 32.4 Å². The SMILES string of the molecule is C[C@H](Cc1ccccc1)n1cnc2sc3c(c2c1=O)CCNC3. The fraction of sp³-hybridized carbons (Fsp3) is 0.333. The van der Waals surface area contributed by atoms with E-state index in [9.17, 15) is 4.79 Å². The third-order valence-corrected chi connectivity index (χ3v) is 5.65. The molecule has 5 heteroatoms. The molecule has 0 bridgehead atoms. The molecule has 0 fully saturated rings. The van der Waals surface area contributed by atoms with Crippen LogP contribution in [0.3, 0.4) is 0 Å². The minimum absolute atomic E-state index is 0.0964. The van der Waals surface area contributed by atoms with Gasteiger partial charge in [0.15, 0.2) is 0 Å². The molecule has 2 aromatic heterocycles. The van der Waals surface area contributed by atoms with Gasteiger partial charge in [-0.1, -0.05) is 30.3 Å². The van der Waals surface area contributed by atoms with Crippen LogP contribution in [0.5, 0.6) is 0 Å². The van der Waals surface area contributed by atoms with Crippen LogP contribution in [-0.2, 0) is 19.4 Å². The van der Waals surface area contributed by atoms with Gasteiger partial charge in [0.2, 0.25) is 0 Å². The lowest BCUT2D eigenvalue weighted by Gasteiger charge is -2.16. The van der Waals surface area contributed by atoms with Gasteiger partial charge in [-0.2, -0.15) is 0 Å². The summed E-state index contributed by atoms with van der Waals surface area (Å²) in [6.07, 6.45) is 3.47. The van der Waals surface area contributed by atoms with Gasteiger partial charge in [0.05, 0.1) is 11.7 Å². The number of thiophene rings is 1. The van der Waals surface area contributed by atoms with E-state index >= 15 is 0 Å². The summed E-state index contributed by atoms with van der Waals surface area (Å²) in [5.41, 5.74) is 2.56. The lowest BCUT2D eigenvalue weighted by atomic mass is 10.1. The van der Waals surface area contributed by atoms with Gasteiger partial charge in [0.1, 0.15) is 4.83 Å². The molecule has 0 aliphatic carbocycles.